The molecular weight excluding hydrogens is 488 g/mol. The Morgan fingerprint density at radius 2 is 1.26 bits per heavy atom. The van der Waals surface area contributed by atoms with E-state index in [0.717, 1.165) is 6.07 Å². The van der Waals surface area contributed by atoms with Crippen LogP contribution in [0.4, 0.5) is 11.4 Å². The predicted octanol–water partition coefficient (Wildman–Crippen LogP) is 4.31. The molecule has 13 heteroatoms. The van der Waals surface area contributed by atoms with Crippen molar-refractivity contribution in [1.82, 2.24) is 0 Å². The van der Waals surface area contributed by atoms with Gasteiger partial charge in [-0.2, -0.15) is 16.8 Å². The summed E-state index contributed by atoms with van der Waals surface area (Å²) in [6.45, 7) is 0. The molecule has 0 radical (unpaired) electrons. The van der Waals surface area contributed by atoms with Gasteiger partial charge in [0.2, 0.25) is 0 Å². The highest BCUT2D eigenvalue weighted by atomic mass is 32.2. The molecule has 4 N–H and O–H groups in total. The average molecular weight is 502 g/mol. The van der Waals surface area contributed by atoms with Gasteiger partial charge in [-0.05, 0) is 22.9 Å². The molecule has 11 nitrogen and oxygen atoms in total. The number of benzene rings is 4. The van der Waals surface area contributed by atoms with Crippen molar-refractivity contribution in [2.75, 3.05) is 0 Å². The number of hydrogen-bond donors (Lipinski definition) is 4. The lowest BCUT2D eigenvalue weighted by Gasteiger charge is -2.12. The van der Waals surface area contributed by atoms with Gasteiger partial charge in [-0.15, -0.1) is 10.2 Å². The maximum Gasteiger partial charge on any atom is 0.339 e. The van der Waals surface area contributed by atoms with E-state index in [1.807, 2.05) is 0 Å². The lowest BCUT2D eigenvalue weighted by Crippen LogP contribution is -2.09. The third-order valence-electron chi connectivity index (χ3n) is 4.94. The van der Waals surface area contributed by atoms with Gasteiger partial charge in [0.15, 0.2) is 5.75 Å². The molecule has 4 rings (SSSR count). The number of azo groups is 1. The van der Waals surface area contributed by atoms with Gasteiger partial charge in [-0.3, -0.25) is 9.11 Å². The summed E-state index contributed by atoms with van der Waals surface area (Å²) >= 11 is 0. The monoisotopic (exact) mass is 502 g/mol. The van der Waals surface area contributed by atoms with Gasteiger partial charge in [0.1, 0.15) is 26.7 Å². The second-order valence-corrected chi connectivity index (χ2v) is 9.79. The standard InChI is InChI=1S/C21H14N2O9S2/c24-18-15(21(25)26)9-11-5-1-3-7-13(11)17(18)23-22-16-10-12-6-2-4-8-14(12)19(33(27,28)29)20(16)34(30,31)32/h1-10,24H,(H,25,26)(H,27,28,29)(H,30,31,32). The molecule has 0 saturated carbocycles. The second-order valence-electron chi connectivity index (χ2n) is 7.07. The van der Waals surface area contributed by atoms with Crippen LogP contribution in [0.1, 0.15) is 10.4 Å². The van der Waals surface area contributed by atoms with Crippen molar-refractivity contribution in [3.63, 3.8) is 0 Å². The number of nitrogens with zero attached hydrogens (tertiary/aromatic N) is 2. The number of hydrogen-bond acceptors (Lipinski definition) is 8. The Labute approximate surface area is 192 Å². The third-order valence-corrected chi connectivity index (χ3v) is 6.93. The van der Waals surface area contributed by atoms with Crippen LogP contribution in [-0.2, 0) is 20.2 Å². The number of rotatable bonds is 5. The second kappa shape index (κ2) is 8.14. The van der Waals surface area contributed by atoms with Crippen LogP contribution in [0.2, 0.25) is 0 Å². The summed E-state index contributed by atoms with van der Waals surface area (Å²) < 4.78 is 68.0. The number of carbonyl (C=O) groups is 1. The van der Waals surface area contributed by atoms with Gasteiger partial charge in [-0.25, -0.2) is 4.79 Å². The number of aromatic hydroxyl groups is 1. The molecule has 174 valence electrons. The van der Waals surface area contributed by atoms with Crippen molar-refractivity contribution in [3.05, 3.63) is 66.2 Å². The minimum Gasteiger partial charge on any atom is -0.505 e. The Hall–Kier alpha value is -3.91. The van der Waals surface area contributed by atoms with Crippen molar-refractivity contribution in [2.45, 2.75) is 9.79 Å². The quantitative estimate of drug-likeness (QED) is 0.227. The summed E-state index contributed by atoms with van der Waals surface area (Å²) in [6.07, 6.45) is 0. The third kappa shape index (κ3) is 4.08. The highest BCUT2D eigenvalue weighted by molar-refractivity contribution is 7.89. The Morgan fingerprint density at radius 1 is 0.735 bits per heavy atom. The number of phenols is 1. The summed E-state index contributed by atoms with van der Waals surface area (Å²) in [5.74, 6) is -2.23. The molecule has 0 aliphatic carbocycles. The Bertz CT molecular complexity index is 1750. The Balaban J connectivity index is 2.10. The molecule has 0 amide bonds. The van der Waals surface area contributed by atoms with Crippen molar-refractivity contribution >= 4 is 59.1 Å². The van der Waals surface area contributed by atoms with Crippen LogP contribution in [0.15, 0.2) is 80.7 Å². The van der Waals surface area contributed by atoms with E-state index in [9.17, 15) is 40.9 Å². The van der Waals surface area contributed by atoms with Crippen LogP contribution < -0.4 is 0 Å². The molecule has 0 fully saturated rings. The summed E-state index contributed by atoms with van der Waals surface area (Å²) in [6, 6.07) is 14.1. The van der Waals surface area contributed by atoms with E-state index in [2.05, 4.69) is 10.2 Å². The number of aromatic carboxylic acids is 1. The SMILES string of the molecule is O=C(O)c1cc2ccccc2c(N=Nc2cc3ccccc3c(S(=O)(=O)O)c2S(=O)(=O)O)c1O. The molecular formula is C21H14N2O9S2. The average Bonchev–Trinajstić information content (AvgIpc) is 2.75. The normalized spacial score (nSPS) is 12.5. The van der Waals surface area contributed by atoms with Crippen LogP contribution in [0, 0.1) is 0 Å². The van der Waals surface area contributed by atoms with E-state index < -0.39 is 53.0 Å². The van der Waals surface area contributed by atoms with Gasteiger partial charge < -0.3 is 10.2 Å². The molecule has 34 heavy (non-hydrogen) atoms. The zero-order chi connectivity index (χ0) is 24.8. The number of carboxylic acid groups (broad SMARTS) is 1. The summed E-state index contributed by atoms with van der Waals surface area (Å²) in [5, 5.41) is 28.0. The molecule has 0 bridgehead atoms. The summed E-state index contributed by atoms with van der Waals surface area (Å²) in [4.78, 5) is 9.21. The van der Waals surface area contributed by atoms with Crippen LogP contribution in [-0.4, -0.2) is 42.1 Å². The van der Waals surface area contributed by atoms with E-state index in [-0.39, 0.29) is 21.8 Å². The minimum atomic E-state index is -5.27. The smallest absolute Gasteiger partial charge is 0.339 e. The first-order chi connectivity index (χ1) is 15.9. The first-order valence-corrected chi connectivity index (χ1v) is 12.2. The fourth-order valence-electron chi connectivity index (χ4n) is 3.55. The minimum absolute atomic E-state index is 0.143. The largest absolute Gasteiger partial charge is 0.505 e. The maximum absolute atomic E-state index is 12.2. The molecule has 0 atom stereocenters. The first-order valence-electron chi connectivity index (χ1n) is 9.30. The highest BCUT2D eigenvalue weighted by Crippen LogP contribution is 2.42. The fraction of sp³-hybridized carbons (Fsp3) is 0. The van der Waals surface area contributed by atoms with E-state index in [0.29, 0.717) is 5.39 Å². The molecule has 4 aromatic carbocycles. The molecule has 0 heterocycles. The van der Waals surface area contributed by atoms with Gasteiger partial charge in [0, 0.05) is 10.8 Å². The van der Waals surface area contributed by atoms with Gasteiger partial charge in [0.05, 0.1) is 0 Å². The van der Waals surface area contributed by atoms with Crippen molar-refractivity contribution < 1.29 is 40.9 Å². The summed E-state index contributed by atoms with van der Waals surface area (Å²) in [5.41, 5.74) is -1.50. The molecule has 0 aromatic heterocycles. The first kappa shape index (κ1) is 23.3. The molecule has 0 aliphatic rings. The summed E-state index contributed by atoms with van der Waals surface area (Å²) in [7, 11) is -10.4. The molecule has 4 aromatic rings. The van der Waals surface area contributed by atoms with Gasteiger partial charge in [0.25, 0.3) is 20.2 Å². The van der Waals surface area contributed by atoms with Crippen LogP contribution >= 0.6 is 0 Å². The topological polar surface area (TPSA) is 191 Å². The van der Waals surface area contributed by atoms with E-state index in [1.165, 1.54) is 36.4 Å². The van der Waals surface area contributed by atoms with Crippen molar-refractivity contribution in [1.29, 1.82) is 0 Å². The van der Waals surface area contributed by atoms with Crippen molar-refractivity contribution in [2.24, 2.45) is 10.2 Å². The molecule has 0 aliphatic heterocycles. The fourth-order valence-corrected chi connectivity index (χ4v) is 5.69. The van der Waals surface area contributed by atoms with Gasteiger partial charge in [-0.1, -0.05) is 48.5 Å². The zero-order valence-corrected chi connectivity index (χ0v) is 18.4. The zero-order valence-electron chi connectivity index (χ0n) is 16.8. The molecule has 0 unspecified atom stereocenters. The van der Waals surface area contributed by atoms with E-state index in [1.54, 1.807) is 18.2 Å². The maximum atomic E-state index is 12.2. The highest BCUT2D eigenvalue weighted by Gasteiger charge is 2.30. The Morgan fingerprint density at radius 3 is 1.82 bits per heavy atom. The van der Waals surface area contributed by atoms with Crippen LogP contribution in [0.3, 0.4) is 0 Å². The predicted molar refractivity (Wildman–Crippen MR) is 120 cm³/mol. The van der Waals surface area contributed by atoms with Crippen LogP contribution in [0.25, 0.3) is 21.5 Å². The number of carboxylic acids is 1. The lowest BCUT2D eigenvalue weighted by atomic mass is 10.0. The molecule has 0 spiro atoms. The molecule has 0 saturated heterocycles. The number of fused-ring (bicyclic) bond motifs is 2. The van der Waals surface area contributed by atoms with Crippen LogP contribution in [0.5, 0.6) is 5.75 Å². The van der Waals surface area contributed by atoms with Gasteiger partial charge >= 0.3 is 5.97 Å². The van der Waals surface area contributed by atoms with E-state index in [4.69, 9.17) is 0 Å². The van der Waals surface area contributed by atoms with E-state index >= 15 is 0 Å². The Kier molecular flexibility index (Phi) is 5.57. The lowest BCUT2D eigenvalue weighted by molar-refractivity contribution is 0.0694. The van der Waals surface area contributed by atoms with Crippen molar-refractivity contribution in [3.8, 4) is 5.75 Å².